The van der Waals surface area contributed by atoms with Gasteiger partial charge in [-0.15, -0.1) is 0 Å². The van der Waals surface area contributed by atoms with E-state index in [4.69, 9.17) is 0 Å². The van der Waals surface area contributed by atoms with Gasteiger partial charge in [-0.05, 0) is 113 Å². The lowest BCUT2D eigenvalue weighted by Gasteiger charge is -2.59. The topological polar surface area (TPSA) is 20.2 Å². The van der Waals surface area contributed by atoms with Crippen LogP contribution >= 0.6 is 0 Å². The van der Waals surface area contributed by atoms with Crippen molar-refractivity contribution < 1.29 is 5.11 Å². The monoisotopic (exact) mass is 344 g/mol. The van der Waals surface area contributed by atoms with Gasteiger partial charge >= 0.3 is 0 Å². The van der Waals surface area contributed by atoms with Crippen molar-refractivity contribution in [2.75, 3.05) is 0 Å². The van der Waals surface area contributed by atoms with Crippen molar-refractivity contribution in [2.45, 2.75) is 103 Å². The Morgan fingerprint density at radius 1 is 1.04 bits per heavy atom. The maximum atomic E-state index is 11.0. The summed E-state index contributed by atoms with van der Waals surface area (Å²) in [4.78, 5) is 0. The highest BCUT2D eigenvalue weighted by molar-refractivity contribution is 5.20. The molecule has 1 heteroatoms. The SMILES string of the molecule is C/C=C1/CCC[C@H]2[C@@H]3CC[C@@H]4C[C@@](O)(CCC)CC[C@@H]4[C@H]3CC[C@]12C. The Kier molecular flexibility index (Phi) is 4.84. The van der Waals surface area contributed by atoms with E-state index in [0.29, 0.717) is 5.41 Å². The maximum Gasteiger partial charge on any atom is 0.0650 e. The van der Waals surface area contributed by atoms with Crippen LogP contribution in [0, 0.1) is 35.0 Å². The summed E-state index contributed by atoms with van der Waals surface area (Å²) in [6, 6.07) is 0. The van der Waals surface area contributed by atoms with Gasteiger partial charge in [0.15, 0.2) is 0 Å². The smallest absolute Gasteiger partial charge is 0.0650 e. The third kappa shape index (κ3) is 2.93. The van der Waals surface area contributed by atoms with Crippen LogP contribution in [0.1, 0.15) is 97.8 Å². The van der Waals surface area contributed by atoms with E-state index < -0.39 is 0 Å². The van der Waals surface area contributed by atoms with Crippen molar-refractivity contribution in [3.05, 3.63) is 11.6 Å². The van der Waals surface area contributed by atoms with Gasteiger partial charge in [-0.1, -0.05) is 31.9 Å². The first-order chi connectivity index (χ1) is 12.0. The predicted octanol–water partition coefficient (Wildman–Crippen LogP) is 6.51. The quantitative estimate of drug-likeness (QED) is 0.566. The number of rotatable bonds is 2. The zero-order valence-corrected chi connectivity index (χ0v) is 16.9. The van der Waals surface area contributed by atoms with Crippen LogP contribution < -0.4 is 0 Å². The number of fused-ring (bicyclic) bond motifs is 5. The molecule has 4 aliphatic carbocycles. The summed E-state index contributed by atoms with van der Waals surface area (Å²) in [5.41, 5.74) is 1.97. The fraction of sp³-hybridized carbons (Fsp3) is 0.917. The summed E-state index contributed by atoms with van der Waals surface area (Å²) in [6.07, 6.45) is 18.1. The summed E-state index contributed by atoms with van der Waals surface area (Å²) < 4.78 is 0. The minimum Gasteiger partial charge on any atom is -0.390 e. The van der Waals surface area contributed by atoms with E-state index >= 15 is 0 Å². The van der Waals surface area contributed by atoms with E-state index in [1.54, 1.807) is 5.57 Å². The van der Waals surface area contributed by atoms with Gasteiger partial charge in [-0.2, -0.15) is 0 Å². The first-order valence-electron chi connectivity index (χ1n) is 11.4. The van der Waals surface area contributed by atoms with Crippen LogP contribution in [0.2, 0.25) is 0 Å². The van der Waals surface area contributed by atoms with E-state index in [2.05, 4.69) is 26.8 Å². The highest BCUT2D eigenvalue weighted by Crippen LogP contribution is 2.63. The number of hydrogen-bond donors (Lipinski definition) is 1. The van der Waals surface area contributed by atoms with E-state index in [1.165, 1.54) is 51.4 Å². The van der Waals surface area contributed by atoms with Crippen molar-refractivity contribution in [1.82, 2.24) is 0 Å². The molecule has 1 nitrogen and oxygen atoms in total. The van der Waals surface area contributed by atoms with Crippen LogP contribution in [0.5, 0.6) is 0 Å². The van der Waals surface area contributed by atoms with Crippen molar-refractivity contribution in [1.29, 1.82) is 0 Å². The minimum atomic E-state index is -0.325. The van der Waals surface area contributed by atoms with Gasteiger partial charge in [0.2, 0.25) is 0 Å². The highest BCUT2D eigenvalue weighted by Gasteiger charge is 2.54. The summed E-state index contributed by atoms with van der Waals surface area (Å²) in [5.74, 6) is 4.65. The van der Waals surface area contributed by atoms with Crippen LogP contribution in [0.15, 0.2) is 11.6 Å². The summed E-state index contributed by atoms with van der Waals surface area (Å²) in [5, 5.41) is 11.0. The van der Waals surface area contributed by atoms with Gasteiger partial charge in [0.1, 0.15) is 0 Å². The number of aliphatic hydroxyl groups is 1. The van der Waals surface area contributed by atoms with Crippen molar-refractivity contribution in [3.8, 4) is 0 Å². The van der Waals surface area contributed by atoms with Crippen LogP contribution in [-0.2, 0) is 0 Å². The lowest BCUT2D eigenvalue weighted by Crippen LogP contribution is -2.52. The largest absolute Gasteiger partial charge is 0.390 e. The molecule has 0 aromatic rings. The van der Waals surface area contributed by atoms with E-state index in [9.17, 15) is 5.11 Å². The number of allylic oxidation sites excluding steroid dienone is 2. The van der Waals surface area contributed by atoms with E-state index in [0.717, 1.165) is 55.3 Å². The highest BCUT2D eigenvalue weighted by atomic mass is 16.3. The molecule has 0 amide bonds. The van der Waals surface area contributed by atoms with Crippen molar-refractivity contribution in [3.63, 3.8) is 0 Å². The van der Waals surface area contributed by atoms with Crippen molar-refractivity contribution in [2.24, 2.45) is 35.0 Å². The first kappa shape index (κ1) is 18.1. The maximum absolute atomic E-state index is 11.0. The zero-order chi connectivity index (χ0) is 17.7. The molecular weight excluding hydrogens is 304 g/mol. The molecular formula is C24H40O. The summed E-state index contributed by atoms with van der Waals surface area (Å²) >= 11 is 0. The lowest BCUT2D eigenvalue weighted by atomic mass is 9.46. The molecule has 0 spiro atoms. The van der Waals surface area contributed by atoms with Crippen LogP contribution in [0.3, 0.4) is 0 Å². The second kappa shape index (κ2) is 6.70. The zero-order valence-electron chi connectivity index (χ0n) is 16.9. The predicted molar refractivity (Wildman–Crippen MR) is 105 cm³/mol. The van der Waals surface area contributed by atoms with Gasteiger partial charge in [0.05, 0.1) is 5.60 Å². The van der Waals surface area contributed by atoms with Gasteiger partial charge in [0, 0.05) is 0 Å². The first-order valence-corrected chi connectivity index (χ1v) is 11.4. The average molecular weight is 345 g/mol. The molecule has 0 aromatic heterocycles. The fourth-order valence-electron chi connectivity index (χ4n) is 8.18. The number of hydrogen-bond acceptors (Lipinski definition) is 1. The molecule has 4 saturated carbocycles. The Hall–Kier alpha value is -0.300. The Morgan fingerprint density at radius 3 is 2.60 bits per heavy atom. The summed E-state index contributed by atoms with van der Waals surface area (Å²) in [7, 11) is 0. The molecule has 0 aromatic carbocycles. The Balaban J connectivity index is 1.53. The summed E-state index contributed by atoms with van der Waals surface area (Å²) in [6.45, 7) is 7.11. The van der Waals surface area contributed by atoms with E-state index in [1.807, 2.05) is 0 Å². The lowest BCUT2D eigenvalue weighted by molar-refractivity contribution is -0.108. The third-order valence-electron chi connectivity index (χ3n) is 9.25. The molecule has 4 rings (SSSR count). The molecule has 0 saturated heterocycles. The Labute approximate surface area is 155 Å². The second-order valence-corrected chi connectivity index (χ2v) is 10.3. The van der Waals surface area contributed by atoms with Crippen LogP contribution in [0.25, 0.3) is 0 Å². The molecule has 0 bridgehead atoms. The molecule has 0 radical (unpaired) electrons. The van der Waals surface area contributed by atoms with Gasteiger partial charge in [0.25, 0.3) is 0 Å². The van der Waals surface area contributed by atoms with E-state index in [-0.39, 0.29) is 5.60 Å². The molecule has 25 heavy (non-hydrogen) atoms. The average Bonchev–Trinajstić information content (AvgIpc) is 2.60. The normalized spacial score (nSPS) is 51.5. The van der Waals surface area contributed by atoms with Crippen LogP contribution in [-0.4, -0.2) is 10.7 Å². The van der Waals surface area contributed by atoms with Gasteiger partial charge in [-0.3, -0.25) is 0 Å². The molecule has 0 aliphatic heterocycles. The van der Waals surface area contributed by atoms with Crippen LogP contribution in [0.4, 0.5) is 0 Å². The Bertz CT molecular complexity index is 522. The van der Waals surface area contributed by atoms with Gasteiger partial charge in [-0.25, -0.2) is 0 Å². The third-order valence-corrected chi connectivity index (χ3v) is 9.25. The second-order valence-electron chi connectivity index (χ2n) is 10.3. The standard InChI is InChI=1S/C24H40O/c1-4-13-24(25)15-12-19-17(16-24)9-10-21-20(19)11-14-23(3)18(5-2)7-6-8-22(21)23/h5,17,19-22,25H,4,6-16H2,1-3H3/b18-5-/t17-,19+,20-,21-,22+,23-,24-/m1/s1. The minimum absolute atomic E-state index is 0.325. The molecule has 0 unspecified atom stereocenters. The molecule has 142 valence electrons. The molecule has 0 heterocycles. The fourth-order valence-corrected chi connectivity index (χ4v) is 8.18. The molecule has 7 atom stereocenters. The Morgan fingerprint density at radius 2 is 1.84 bits per heavy atom. The molecule has 1 N–H and O–H groups in total. The van der Waals surface area contributed by atoms with Crippen molar-refractivity contribution >= 4 is 0 Å². The molecule has 4 aliphatic rings. The van der Waals surface area contributed by atoms with Gasteiger partial charge < -0.3 is 5.11 Å². The molecule has 4 fully saturated rings.